The zero-order valence-electron chi connectivity index (χ0n) is 15.7. The third-order valence-electron chi connectivity index (χ3n) is 2.86. The van der Waals surface area contributed by atoms with E-state index >= 15 is 0 Å². The highest BCUT2D eigenvalue weighted by atomic mass is 19.1. The molecule has 0 aromatic rings. The Bertz CT molecular complexity index is 561. The van der Waals surface area contributed by atoms with Gasteiger partial charge in [-0.05, 0) is 0 Å². The van der Waals surface area contributed by atoms with Crippen LogP contribution in [0.1, 0.15) is 34.6 Å². The third kappa shape index (κ3) is 10.8. The Hall–Kier alpha value is -2.72. The summed E-state index contributed by atoms with van der Waals surface area (Å²) in [5.41, 5.74) is 0. The van der Waals surface area contributed by atoms with Gasteiger partial charge in [-0.3, -0.25) is 24.0 Å². The number of carbonyl (C=O) groups excluding carboxylic acids is 5. The fourth-order valence-electron chi connectivity index (χ4n) is 1.98. The zero-order valence-corrected chi connectivity index (χ0v) is 15.7. The van der Waals surface area contributed by atoms with E-state index in [0.717, 1.165) is 34.6 Å². The maximum Gasteiger partial charge on any atom is 0.303 e. The fourth-order valence-corrected chi connectivity index (χ4v) is 1.98. The molecule has 0 saturated heterocycles. The summed E-state index contributed by atoms with van der Waals surface area (Å²) in [5, 5.41) is 0. The maximum absolute atomic E-state index is 14.6. The molecule has 4 atom stereocenters. The molecule has 4 unspecified atom stereocenters. The van der Waals surface area contributed by atoms with Crippen LogP contribution in [0.4, 0.5) is 4.39 Å². The summed E-state index contributed by atoms with van der Waals surface area (Å²) in [7, 11) is 0. The van der Waals surface area contributed by atoms with E-state index in [-0.39, 0.29) is 0 Å². The van der Waals surface area contributed by atoms with E-state index in [1.807, 2.05) is 0 Å². The van der Waals surface area contributed by atoms with Crippen molar-refractivity contribution in [1.82, 2.24) is 0 Å². The monoisotopic (exact) mass is 394 g/mol. The van der Waals surface area contributed by atoms with Crippen molar-refractivity contribution in [3.05, 3.63) is 0 Å². The highest BCUT2D eigenvalue weighted by molar-refractivity contribution is 5.69. The van der Waals surface area contributed by atoms with Crippen molar-refractivity contribution < 1.29 is 52.0 Å². The lowest BCUT2D eigenvalue weighted by molar-refractivity contribution is -0.196. The molecule has 0 aromatic carbocycles. The number of rotatable bonds is 10. The van der Waals surface area contributed by atoms with E-state index in [0.29, 0.717) is 0 Å². The predicted octanol–water partition coefficient (Wildman–Crippen LogP) is 0.246. The topological polar surface area (TPSA) is 132 Å². The molecule has 0 heterocycles. The van der Waals surface area contributed by atoms with Gasteiger partial charge in [-0.1, -0.05) is 0 Å². The van der Waals surface area contributed by atoms with Crippen LogP contribution in [0.3, 0.4) is 0 Å². The molecule has 0 amide bonds. The Balaban J connectivity index is 5.76. The van der Waals surface area contributed by atoms with Crippen molar-refractivity contribution in [2.45, 2.75) is 59.1 Å². The predicted molar refractivity (Wildman–Crippen MR) is 84.8 cm³/mol. The van der Waals surface area contributed by atoms with Crippen molar-refractivity contribution in [3.8, 4) is 0 Å². The number of halogens is 1. The summed E-state index contributed by atoms with van der Waals surface area (Å²) in [6.07, 6.45) is -7.07. The first kappa shape index (κ1) is 24.3. The van der Waals surface area contributed by atoms with Crippen LogP contribution in [0.2, 0.25) is 0 Å². The molecular formula is C16H23FO10. The summed E-state index contributed by atoms with van der Waals surface area (Å²) in [5.74, 6) is -4.22. The Morgan fingerprint density at radius 2 is 1.04 bits per heavy atom. The Labute approximate surface area is 155 Å². The van der Waals surface area contributed by atoms with E-state index in [2.05, 4.69) is 4.74 Å². The molecule has 10 nitrogen and oxygen atoms in total. The molecule has 0 aromatic heterocycles. The molecule has 0 aliphatic heterocycles. The highest BCUT2D eigenvalue weighted by Gasteiger charge is 2.43. The lowest BCUT2D eigenvalue weighted by Crippen LogP contribution is -2.52. The molecule has 27 heavy (non-hydrogen) atoms. The minimum atomic E-state index is -2.13. The molecule has 0 spiro atoms. The largest absolute Gasteiger partial charge is 0.463 e. The molecular weight excluding hydrogens is 371 g/mol. The van der Waals surface area contributed by atoms with Gasteiger partial charge in [-0.2, -0.15) is 0 Å². The van der Waals surface area contributed by atoms with Gasteiger partial charge in [0.15, 0.2) is 24.5 Å². The minimum Gasteiger partial charge on any atom is -0.463 e. The fraction of sp³-hybridized carbons (Fsp3) is 0.688. The summed E-state index contributed by atoms with van der Waals surface area (Å²) >= 11 is 0. The lowest BCUT2D eigenvalue weighted by Gasteiger charge is -2.32. The van der Waals surface area contributed by atoms with Crippen LogP contribution in [0.15, 0.2) is 0 Å². The SMILES string of the molecule is CC(=O)OCC(F)C(OC(C)=O)C(OC(C)=O)C(COC(C)=O)OC(C)=O. The van der Waals surface area contributed by atoms with Gasteiger partial charge < -0.3 is 23.7 Å². The lowest BCUT2D eigenvalue weighted by atomic mass is 10.0. The zero-order chi connectivity index (χ0) is 21.1. The number of alkyl halides is 1. The van der Waals surface area contributed by atoms with E-state index in [9.17, 15) is 28.4 Å². The van der Waals surface area contributed by atoms with Crippen LogP contribution >= 0.6 is 0 Å². The van der Waals surface area contributed by atoms with Gasteiger partial charge in [0.2, 0.25) is 0 Å². The number of ether oxygens (including phenoxy) is 5. The van der Waals surface area contributed by atoms with Crippen LogP contribution in [-0.2, 0) is 47.7 Å². The number of hydrogen-bond acceptors (Lipinski definition) is 10. The first-order valence-corrected chi connectivity index (χ1v) is 7.86. The molecule has 0 aliphatic carbocycles. The highest BCUT2D eigenvalue weighted by Crippen LogP contribution is 2.20. The second-order valence-electron chi connectivity index (χ2n) is 5.42. The van der Waals surface area contributed by atoms with Gasteiger partial charge in [0.1, 0.15) is 13.2 Å². The van der Waals surface area contributed by atoms with Crippen molar-refractivity contribution in [2.24, 2.45) is 0 Å². The number of carbonyl (C=O) groups is 5. The molecule has 0 rings (SSSR count). The second kappa shape index (κ2) is 11.8. The molecule has 0 N–H and O–H groups in total. The molecule has 0 fully saturated rings. The number of hydrogen-bond donors (Lipinski definition) is 0. The first-order valence-electron chi connectivity index (χ1n) is 7.86. The molecule has 0 saturated carbocycles. The average Bonchev–Trinajstić information content (AvgIpc) is 2.51. The maximum atomic E-state index is 14.6. The summed E-state index contributed by atoms with van der Waals surface area (Å²) in [6.45, 7) is 3.71. The third-order valence-corrected chi connectivity index (χ3v) is 2.86. The van der Waals surface area contributed by atoms with Crippen LogP contribution in [-0.4, -0.2) is 67.5 Å². The summed E-state index contributed by atoms with van der Waals surface area (Å²) in [6, 6.07) is 0. The van der Waals surface area contributed by atoms with Crippen molar-refractivity contribution in [3.63, 3.8) is 0 Å². The van der Waals surface area contributed by atoms with Crippen molar-refractivity contribution >= 4 is 29.8 Å². The van der Waals surface area contributed by atoms with Crippen LogP contribution in [0.25, 0.3) is 0 Å². The standard InChI is InChI=1S/C16H23FO10/c1-8(18)23-6-13(17)15(26-11(4)21)16(27-12(5)22)14(25-10(3)20)7-24-9(2)19/h13-16H,6-7H2,1-5H3. The van der Waals surface area contributed by atoms with Gasteiger partial charge in [0.05, 0.1) is 0 Å². The molecule has 154 valence electrons. The van der Waals surface area contributed by atoms with E-state index in [1.54, 1.807) is 0 Å². The van der Waals surface area contributed by atoms with E-state index in [1.165, 1.54) is 0 Å². The van der Waals surface area contributed by atoms with Gasteiger partial charge in [-0.25, -0.2) is 4.39 Å². The molecule has 0 bridgehead atoms. The van der Waals surface area contributed by atoms with Gasteiger partial charge in [-0.15, -0.1) is 0 Å². The Morgan fingerprint density at radius 1 is 0.630 bits per heavy atom. The van der Waals surface area contributed by atoms with Crippen molar-refractivity contribution in [1.29, 1.82) is 0 Å². The minimum absolute atomic E-state index is 0.592. The van der Waals surface area contributed by atoms with Gasteiger partial charge in [0, 0.05) is 34.6 Å². The van der Waals surface area contributed by atoms with Crippen LogP contribution < -0.4 is 0 Å². The van der Waals surface area contributed by atoms with E-state index in [4.69, 9.17) is 18.9 Å². The smallest absolute Gasteiger partial charge is 0.303 e. The molecule has 0 aliphatic rings. The summed E-state index contributed by atoms with van der Waals surface area (Å²) in [4.78, 5) is 56.1. The Morgan fingerprint density at radius 3 is 1.44 bits per heavy atom. The number of esters is 5. The van der Waals surface area contributed by atoms with Gasteiger partial charge >= 0.3 is 29.8 Å². The second-order valence-corrected chi connectivity index (χ2v) is 5.42. The van der Waals surface area contributed by atoms with Crippen LogP contribution in [0.5, 0.6) is 0 Å². The van der Waals surface area contributed by atoms with E-state index < -0.39 is 67.5 Å². The molecule has 0 radical (unpaired) electrons. The Kier molecular flexibility index (Phi) is 10.6. The average molecular weight is 394 g/mol. The van der Waals surface area contributed by atoms with Gasteiger partial charge in [0.25, 0.3) is 0 Å². The van der Waals surface area contributed by atoms with Crippen LogP contribution in [0, 0.1) is 0 Å². The summed E-state index contributed by atoms with van der Waals surface area (Å²) < 4.78 is 38.7. The molecule has 11 heteroatoms. The normalized spacial score (nSPS) is 14.7. The van der Waals surface area contributed by atoms with Crippen molar-refractivity contribution in [2.75, 3.05) is 13.2 Å². The first-order chi connectivity index (χ1) is 12.4. The quantitative estimate of drug-likeness (QED) is 0.375.